The van der Waals surface area contributed by atoms with E-state index >= 15 is 0 Å². The van der Waals surface area contributed by atoms with Gasteiger partial charge in [-0.25, -0.2) is 4.98 Å². The van der Waals surface area contributed by atoms with Gasteiger partial charge in [0.05, 0.1) is 28.2 Å². The molecule has 0 aliphatic carbocycles. The van der Waals surface area contributed by atoms with Crippen molar-refractivity contribution < 1.29 is 4.79 Å². The maximum atomic E-state index is 14.6. The van der Waals surface area contributed by atoms with Crippen LogP contribution >= 0.6 is 22.9 Å². The van der Waals surface area contributed by atoms with Gasteiger partial charge in [-0.15, -0.1) is 11.3 Å². The van der Waals surface area contributed by atoms with E-state index in [0.717, 1.165) is 59.6 Å². The number of rotatable bonds is 7. The molecule has 212 valence electrons. The first kappa shape index (κ1) is 29.0. The molecule has 2 aromatic heterocycles. The van der Waals surface area contributed by atoms with E-state index in [9.17, 15) is 9.59 Å². The predicted octanol–water partition coefficient (Wildman–Crippen LogP) is 6.87. The second-order valence-electron chi connectivity index (χ2n) is 10.4. The third-order valence-corrected chi connectivity index (χ3v) is 8.49. The second kappa shape index (κ2) is 12.6. The molecule has 6 nitrogen and oxygen atoms in total. The van der Waals surface area contributed by atoms with E-state index in [1.54, 1.807) is 10.6 Å². The zero-order valence-electron chi connectivity index (χ0n) is 24.0. The Morgan fingerprint density at radius 1 is 1.05 bits per heavy atom. The lowest BCUT2D eigenvalue weighted by molar-refractivity contribution is 0.0735. The number of hydrogen-bond acceptors (Lipinski definition) is 5. The quantitative estimate of drug-likeness (QED) is 0.256. The minimum atomic E-state index is -0.179. The molecule has 4 aromatic rings. The Hall–Kier alpha value is -3.52. The molecule has 5 rings (SSSR count). The van der Waals surface area contributed by atoms with Crippen LogP contribution in [0.3, 0.4) is 0 Å². The summed E-state index contributed by atoms with van der Waals surface area (Å²) in [5, 5.41) is 6.51. The third kappa shape index (κ3) is 5.94. The van der Waals surface area contributed by atoms with Crippen molar-refractivity contribution in [2.24, 2.45) is 0 Å². The van der Waals surface area contributed by atoms with Crippen LogP contribution in [0.25, 0.3) is 33.6 Å². The summed E-state index contributed by atoms with van der Waals surface area (Å²) in [4.78, 5) is 35.5. The van der Waals surface area contributed by atoms with Crippen molar-refractivity contribution in [3.63, 3.8) is 0 Å². The molecule has 1 N–H and O–H groups in total. The molecule has 1 fully saturated rings. The highest BCUT2D eigenvalue weighted by molar-refractivity contribution is 7.13. The Bertz CT molecular complexity index is 1640. The van der Waals surface area contributed by atoms with Crippen LogP contribution in [0.5, 0.6) is 0 Å². The van der Waals surface area contributed by atoms with Crippen LogP contribution in [-0.2, 0) is 12.8 Å². The number of allylic oxidation sites excluding steroid dienone is 1. The molecular formula is C33H35ClN4O2S. The number of nitrogens with zero attached hydrogens (tertiary/aromatic N) is 3. The minimum Gasteiger partial charge on any atom is -0.336 e. The average molecular weight is 587 g/mol. The zero-order valence-corrected chi connectivity index (χ0v) is 25.5. The monoisotopic (exact) mass is 586 g/mol. The summed E-state index contributed by atoms with van der Waals surface area (Å²) < 4.78 is 1.78. The number of halogens is 1. The third-order valence-electron chi connectivity index (χ3n) is 7.36. The number of aromatic nitrogens is 2. The number of carbonyl (C=O) groups is 1. The molecule has 2 aromatic carbocycles. The van der Waals surface area contributed by atoms with Gasteiger partial charge in [0.25, 0.3) is 11.5 Å². The molecule has 0 radical (unpaired) electrons. The normalized spacial score (nSPS) is 13.3. The summed E-state index contributed by atoms with van der Waals surface area (Å²) in [6.45, 7) is 10.9. The van der Waals surface area contributed by atoms with Gasteiger partial charge in [-0.3, -0.25) is 14.2 Å². The van der Waals surface area contributed by atoms with Crippen molar-refractivity contribution in [2.45, 2.75) is 40.5 Å². The number of piperazine rings is 1. The van der Waals surface area contributed by atoms with Crippen LogP contribution in [0.2, 0.25) is 5.02 Å². The number of para-hydroxylation sites is 1. The van der Waals surface area contributed by atoms with Crippen molar-refractivity contribution in [3.8, 4) is 27.5 Å². The molecule has 1 aliphatic heterocycles. The molecule has 41 heavy (non-hydrogen) atoms. The van der Waals surface area contributed by atoms with E-state index in [1.807, 2.05) is 60.5 Å². The number of amides is 1. The van der Waals surface area contributed by atoms with Crippen molar-refractivity contribution in [3.05, 3.63) is 97.2 Å². The number of benzene rings is 2. The summed E-state index contributed by atoms with van der Waals surface area (Å²) >= 11 is 7.51. The predicted molar refractivity (Wildman–Crippen MR) is 170 cm³/mol. The molecule has 0 bridgehead atoms. The van der Waals surface area contributed by atoms with Crippen LogP contribution in [0.15, 0.2) is 64.3 Å². The molecule has 1 aliphatic rings. The van der Waals surface area contributed by atoms with E-state index in [4.69, 9.17) is 16.6 Å². The smallest absolute Gasteiger partial charge is 0.265 e. The number of thiazole rings is 1. The molecule has 0 unspecified atom stereocenters. The second-order valence-corrected chi connectivity index (χ2v) is 11.7. The molecule has 1 amide bonds. The fraction of sp³-hybridized carbons (Fsp3) is 0.303. The van der Waals surface area contributed by atoms with Crippen molar-refractivity contribution in [1.29, 1.82) is 0 Å². The molecule has 3 heterocycles. The first-order valence-corrected chi connectivity index (χ1v) is 15.4. The van der Waals surface area contributed by atoms with Crippen molar-refractivity contribution in [1.82, 2.24) is 19.8 Å². The lowest BCUT2D eigenvalue weighted by Crippen LogP contribution is -2.47. The first-order chi connectivity index (χ1) is 19.8. The molecular weight excluding hydrogens is 552 g/mol. The fourth-order valence-electron chi connectivity index (χ4n) is 5.28. The summed E-state index contributed by atoms with van der Waals surface area (Å²) in [6.07, 6.45) is 3.48. The maximum Gasteiger partial charge on any atom is 0.265 e. The minimum absolute atomic E-state index is 0.0736. The van der Waals surface area contributed by atoms with Gasteiger partial charge in [0.15, 0.2) is 0 Å². The SMILES string of the molecule is CCc1cccc(CC)c1-n1c(C=C(C)C)c(C(=O)N2CCNCC2)cc(-c2nc(-c3ccc(Cl)cc3)cs2)c1=O. The summed E-state index contributed by atoms with van der Waals surface area (Å²) in [6, 6.07) is 15.4. The number of carbonyl (C=O) groups excluding carboxylic acids is 1. The Kier molecular flexibility index (Phi) is 8.88. The van der Waals surface area contributed by atoms with E-state index in [0.29, 0.717) is 39.9 Å². The van der Waals surface area contributed by atoms with Gasteiger partial charge in [-0.1, -0.05) is 61.4 Å². The Labute approximate surface area is 250 Å². The number of hydrogen-bond donors (Lipinski definition) is 1. The van der Waals surface area contributed by atoms with Gasteiger partial charge < -0.3 is 10.2 Å². The van der Waals surface area contributed by atoms with Crippen LogP contribution in [0.4, 0.5) is 0 Å². The van der Waals surface area contributed by atoms with Crippen LogP contribution in [-0.4, -0.2) is 46.5 Å². The molecule has 0 atom stereocenters. The van der Waals surface area contributed by atoms with Crippen LogP contribution in [0.1, 0.15) is 54.9 Å². The van der Waals surface area contributed by atoms with Gasteiger partial charge in [0, 0.05) is 42.1 Å². The van der Waals surface area contributed by atoms with Gasteiger partial charge in [-0.05, 0) is 62.1 Å². The molecule has 0 spiro atoms. The summed E-state index contributed by atoms with van der Waals surface area (Å²) in [7, 11) is 0. The fourth-order valence-corrected chi connectivity index (χ4v) is 6.25. The van der Waals surface area contributed by atoms with Crippen molar-refractivity contribution in [2.75, 3.05) is 26.2 Å². The van der Waals surface area contributed by atoms with Gasteiger partial charge >= 0.3 is 0 Å². The zero-order chi connectivity index (χ0) is 29.1. The molecule has 0 saturated carbocycles. The molecule has 1 saturated heterocycles. The lowest BCUT2D eigenvalue weighted by Gasteiger charge is -2.29. The van der Waals surface area contributed by atoms with E-state index in [-0.39, 0.29) is 11.5 Å². The Morgan fingerprint density at radius 2 is 1.71 bits per heavy atom. The first-order valence-electron chi connectivity index (χ1n) is 14.1. The molecule has 8 heteroatoms. The highest BCUT2D eigenvalue weighted by Crippen LogP contribution is 2.32. The van der Waals surface area contributed by atoms with Gasteiger partial charge in [0.2, 0.25) is 0 Å². The topological polar surface area (TPSA) is 67.2 Å². The van der Waals surface area contributed by atoms with Gasteiger partial charge in [0.1, 0.15) is 5.01 Å². The largest absolute Gasteiger partial charge is 0.336 e. The van der Waals surface area contributed by atoms with Crippen LogP contribution < -0.4 is 10.9 Å². The lowest BCUT2D eigenvalue weighted by atomic mass is 9.99. The maximum absolute atomic E-state index is 14.6. The highest BCUT2D eigenvalue weighted by atomic mass is 35.5. The summed E-state index contributed by atoms with van der Waals surface area (Å²) in [5.74, 6) is -0.0736. The van der Waals surface area contributed by atoms with Gasteiger partial charge in [-0.2, -0.15) is 0 Å². The van der Waals surface area contributed by atoms with Crippen molar-refractivity contribution >= 4 is 34.9 Å². The standard InChI is InChI=1S/C33H35ClN4O2S/c1-5-22-8-7-9-23(6-2)30(22)38-29(18-21(3)4)26(32(39)37-16-14-35-15-17-37)19-27(33(38)40)31-36-28(20-41-31)24-10-12-25(34)13-11-24/h7-13,18-20,35H,5-6,14-17H2,1-4H3. The number of pyridine rings is 1. The Morgan fingerprint density at radius 3 is 2.32 bits per heavy atom. The van der Waals surface area contributed by atoms with E-state index in [1.165, 1.54) is 11.3 Å². The van der Waals surface area contributed by atoms with E-state index < -0.39 is 0 Å². The average Bonchev–Trinajstić information content (AvgIpc) is 3.47. The highest BCUT2D eigenvalue weighted by Gasteiger charge is 2.27. The van der Waals surface area contributed by atoms with E-state index in [2.05, 4.69) is 31.3 Å². The Balaban J connectivity index is 1.82. The summed E-state index contributed by atoms with van der Waals surface area (Å²) in [5.41, 5.74) is 7.05. The number of nitrogens with one attached hydrogen (secondary N) is 1. The number of aryl methyl sites for hydroxylation is 2. The van der Waals surface area contributed by atoms with Crippen LogP contribution in [0, 0.1) is 0 Å².